The number of phenols is 1. The Hall–Kier alpha value is -3.91. The summed E-state index contributed by atoms with van der Waals surface area (Å²) in [6.07, 6.45) is 0.769. The van der Waals surface area contributed by atoms with E-state index in [1.807, 2.05) is 18.2 Å². The van der Waals surface area contributed by atoms with Crippen LogP contribution in [0.15, 0.2) is 59.9 Å². The number of fused-ring (bicyclic) bond motifs is 1. The molecule has 188 valence electrons. The number of Topliss-reactive ketones (excluding diaryl/α,β-unsaturated/α-hetero) is 2. The molecule has 2 aromatic carbocycles. The van der Waals surface area contributed by atoms with E-state index in [-0.39, 0.29) is 34.3 Å². The summed E-state index contributed by atoms with van der Waals surface area (Å²) >= 11 is 0. The summed E-state index contributed by atoms with van der Waals surface area (Å²) in [6, 6.07) is 9.94. The SMILES string of the molecule is C=C1C(=O)c2c(O)ccc(-c3cccc(N)c3)c2C[C@H]1C[C@@H]1C(C)C(=O)C(C(N)=O)=C(O)[C@H]1N(C)C. The van der Waals surface area contributed by atoms with Crippen LogP contribution in [-0.4, -0.2) is 52.7 Å². The van der Waals surface area contributed by atoms with Crippen LogP contribution in [0, 0.1) is 17.8 Å². The third-order valence-corrected chi connectivity index (χ3v) is 7.55. The number of carbonyl (C=O) groups excluding carboxylic acids is 3. The molecule has 0 heterocycles. The van der Waals surface area contributed by atoms with Gasteiger partial charge in [-0.05, 0) is 79.2 Å². The maximum Gasteiger partial charge on any atom is 0.255 e. The van der Waals surface area contributed by atoms with Crippen molar-refractivity contribution in [2.24, 2.45) is 23.5 Å². The average molecular weight is 490 g/mol. The standard InChI is InChI=1S/C28H31N3O5/c1-13-16(11-19-14(2)26(34)23(28(30)36)27(35)24(19)31(3)4)12-20-18(15-6-5-7-17(29)10-15)8-9-21(32)22(20)25(13)33/h5-10,14,16,19,24,32,35H,1,11-12,29H2,2-4H3,(H2,30,36)/t14?,16-,19-,24+/m1/s1. The van der Waals surface area contributed by atoms with Gasteiger partial charge in [-0.1, -0.05) is 31.7 Å². The molecule has 0 fully saturated rings. The number of nitrogens with two attached hydrogens (primary N) is 2. The van der Waals surface area contributed by atoms with Crippen LogP contribution in [0.5, 0.6) is 5.75 Å². The highest BCUT2D eigenvalue weighted by Crippen LogP contribution is 2.45. The van der Waals surface area contributed by atoms with E-state index in [4.69, 9.17) is 11.5 Å². The van der Waals surface area contributed by atoms with Gasteiger partial charge in [-0.15, -0.1) is 0 Å². The molecule has 0 aliphatic heterocycles. The van der Waals surface area contributed by atoms with Gasteiger partial charge in [-0.2, -0.15) is 0 Å². The van der Waals surface area contributed by atoms with Crippen molar-refractivity contribution in [3.05, 3.63) is 71.0 Å². The molecule has 36 heavy (non-hydrogen) atoms. The highest BCUT2D eigenvalue weighted by atomic mass is 16.3. The molecule has 0 spiro atoms. The number of benzene rings is 2. The van der Waals surface area contributed by atoms with Crippen LogP contribution in [0.1, 0.15) is 29.3 Å². The van der Waals surface area contributed by atoms with Crippen molar-refractivity contribution in [1.29, 1.82) is 0 Å². The van der Waals surface area contributed by atoms with Crippen LogP contribution in [-0.2, 0) is 16.0 Å². The van der Waals surface area contributed by atoms with Crippen LogP contribution in [0.2, 0.25) is 0 Å². The monoisotopic (exact) mass is 489 g/mol. The van der Waals surface area contributed by atoms with Gasteiger partial charge in [-0.25, -0.2) is 0 Å². The molecule has 1 amide bonds. The maximum atomic E-state index is 13.4. The number of carbonyl (C=O) groups is 3. The van der Waals surface area contributed by atoms with Gasteiger partial charge in [0, 0.05) is 11.6 Å². The van der Waals surface area contributed by atoms with E-state index in [0.717, 1.165) is 11.1 Å². The summed E-state index contributed by atoms with van der Waals surface area (Å²) in [7, 11) is 3.50. The number of ketones is 2. The summed E-state index contributed by atoms with van der Waals surface area (Å²) in [5.41, 5.74) is 14.5. The van der Waals surface area contributed by atoms with E-state index < -0.39 is 29.6 Å². The van der Waals surface area contributed by atoms with Crippen LogP contribution < -0.4 is 11.5 Å². The molecule has 0 bridgehead atoms. The lowest BCUT2D eigenvalue weighted by molar-refractivity contribution is -0.126. The maximum absolute atomic E-state index is 13.4. The van der Waals surface area contributed by atoms with Crippen LogP contribution in [0.25, 0.3) is 11.1 Å². The first-order valence-corrected chi connectivity index (χ1v) is 11.8. The molecular formula is C28H31N3O5. The number of nitrogen functional groups attached to an aromatic ring is 1. The molecule has 4 atom stereocenters. The number of allylic oxidation sites excluding steroid dienone is 1. The smallest absolute Gasteiger partial charge is 0.255 e. The summed E-state index contributed by atoms with van der Waals surface area (Å²) < 4.78 is 0. The lowest BCUT2D eigenvalue weighted by Crippen LogP contribution is -2.49. The second-order valence-electron chi connectivity index (χ2n) is 9.95. The Balaban J connectivity index is 1.77. The van der Waals surface area contributed by atoms with Gasteiger partial charge < -0.3 is 21.7 Å². The topological polar surface area (TPSA) is 147 Å². The number of hydrogen-bond acceptors (Lipinski definition) is 7. The summed E-state index contributed by atoms with van der Waals surface area (Å²) in [4.78, 5) is 40.1. The van der Waals surface area contributed by atoms with Crippen molar-refractivity contribution in [3.8, 4) is 16.9 Å². The zero-order chi connectivity index (χ0) is 26.5. The number of primary amides is 1. The molecule has 0 aromatic heterocycles. The highest BCUT2D eigenvalue weighted by Gasteiger charge is 2.46. The average Bonchev–Trinajstić information content (AvgIpc) is 2.80. The van der Waals surface area contributed by atoms with E-state index in [1.165, 1.54) is 6.07 Å². The minimum Gasteiger partial charge on any atom is -0.510 e. The molecule has 4 rings (SSSR count). The van der Waals surface area contributed by atoms with Crippen molar-refractivity contribution in [2.45, 2.75) is 25.8 Å². The first kappa shape index (κ1) is 25.2. The molecule has 0 saturated heterocycles. The number of anilines is 1. The number of aliphatic hydroxyl groups excluding tert-OH is 1. The number of phenolic OH excluding ortho intramolecular Hbond substituents is 1. The highest BCUT2D eigenvalue weighted by molar-refractivity contribution is 6.20. The number of hydrogen-bond donors (Lipinski definition) is 4. The fraction of sp³-hybridized carbons (Fsp3) is 0.321. The Morgan fingerprint density at radius 2 is 1.86 bits per heavy atom. The van der Waals surface area contributed by atoms with Gasteiger partial charge in [0.2, 0.25) is 0 Å². The second-order valence-corrected chi connectivity index (χ2v) is 9.95. The molecule has 2 aliphatic carbocycles. The van der Waals surface area contributed by atoms with Crippen molar-refractivity contribution >= 4 is 23.2 Å². The number of nitrogens with zero attached hydrogens (tertiary/aromatic N) is 1. The minimum atomic E-state index is -0.955. The number of aliphatic hydroxyl groups is 1. The van der Waals surface area contributed by atoms with Crippen LogP contribution in [0.4, 0.5) is 5.69 Å². The molecule has 2 aliphatic rings. The predicted molar refractivity (Wildman–Crippen MR) is 137 cm³/mol. The quantitative estimate of drug-likeness (QED) is 0.287. The molecule has 0 radical (unpaired) electrons. The van der Waals surface area contributed by atoms with Gasteiger partial charge in [0.15, 0.2) is 11.6 Å². The van der Waals surface area contributed by atoms with E-state index >= 15 is 0 Å². The first-order valence-electron chi connectivity index (χ1n) is 11.8. The summed E-state index contributed by atoms with van der Waals surface area (Å²) in [5.74, 6) is -3.63. The number of amides is 1. The van der Waals surface area contributed by atoms with Crippen LogP contribution >= 0.6 is 0 Å². The second kappa shape index (κ2) is 9.28. The van der Waals surface area contributed by atoms with Gasteiger partial charge in [0.25, 0.3) is 5.91 Å². The Morgan fingerprint density at radius 1 is 1.17 bits per heavy atom. The zero-order valence-electron chi connectivity index (χ0n) is 20.6. The van der Waals surface area contributed by atoms with Crippen molar-refractivity contribution < 1.29 is 24.6 Å². The van der Waals surface area contributed by atoms with Gasteiger partial charge >= 0.3 is 0 Å². The van der Waals surface area contributed by atoms with Gasteiger partial charge in [0.05, 0.1) is 11.6 Å². The van der Waals surface area contributed by atoms with Gasteiger partial charge in [-0.3, -0.25) is 19.3 Å². The molecule has 8 heteroatoms. The molecule has 2 aromatic rings. The van der Waals surface area contributed by atoms with Crippen molar-refractivity contribution in [3.63, 3.8) is 0 Å². The lowest BCUT2D eigenvalue weighted by atomic mass is 9.67. The van der Waals surface area contributed by atoms with E-state index in [9.17, 15) is 24.6 Å². The Morgan fingerprint density at radius 3 is 2.47 bits per heavy atom. The third-order valence-electron chi connectivity index (χ3n) is 7.55. The summed E-state index contributed by atoms with van der Waals surface area (Å²) in [5, 5.41) is 21.4. The van der Waals surface area contributed by atoms with E-state index in [1.54, 1.807) is 38.1 Å². The first-order chi connectivity index (χ1) is 16.9. The number of aromatic hydroxyl groups is 1. The Kier molecular flexibility index (Phi) is 6.49. The summed E-state index contributed by atoms with van der Waals surface area (Å²) in [6.45, 7) is 5.76. The lowest BCUT2D eigenvalue weighted by Gasteiger charge is -2.41. The number of likely N-dealkylation sites (N-methyl/N-ethyl adjacent to an activating group) is 1. The molecule has 1 unspecified atom stereocenters. The molecular weight excluding hydrogens is 458 g/mol. The molecule has 6 N–H and O–H groups in total. The molecule has 8 nitrogen and oxygen atoms in total. The Labute approximate surface area is 209 Å². The van der Waals surface area contributed by atoms with Crippen LogP contribution in [0.3, 0.4) is 0 Å². The third kappa shape index (κ3) is 4.07. The Bertz CT molecular complexity index is 1330. The minimum absolute atomic E-state index is 0.110. The van der Waals surface area contributed by atoms with Crippen molar-refractivity contribution in [2.75, 3.05) is 19.8 Å². The van der Waals surface area contributed by atoms with Crippen molar-refractivity contribution in [1.82, 2.24) is 4.90 Å². The normalized spacial score (nSPS) is 24.3. The van der Waals surface area contributed by atoms with Gasteiger partial charge in [0.1, 0.15) is 17.1 Å². The fourth-order valence-electron chi connectivity index (χ4n) is 5.73. The number of rotatable bonds is 5. The predicted octanol–water partition coefficient (Wildman–Crippen LogP) is 3.01. The largest absolute Gasteiger partial charge is 0.510 e. The zero-order valence-corrected chi connectivity index (χ0v) is 20.6. The fourth-order valence-corrected chi connectivity index (χ4v) is 5.73. The van der Waals surface area contributed by atoms with E-state index in [0.29, 0.717) is 29.7 Å². The molecule has 0 saturated carbocycles. The van der Waals surface area contributed by atoms with E-state index in [2.05, 4.69) is 6.58 Å².